The van der Waals surface area contributed by atoms with E-state index in [4.69, 9.17) is 9.84 Å². The average molecular weight is 301 g/mol. The number of carboxylic acids is 1. The van der Waals surface area contributed by atoms with Crippen LogP contribution in [0.4, 0.5) is 4.79 Å². The van der Waals surface area contributed by atoms with Crippen molar-refractivity contribution < 1.29 is 19.4 Å². The molecular formula is C14H27N3O4. The molecule has 2 unspecified atom stereocenters. The number of urea groups is 1. The highest BCUT2D eigenvalue weighted by molar-refractivity contribution is 5.74. The fourth-order valence-electron chi connectivity index (χ4n) is 2.23. The van der Waals surface area contributed by atoms with Crippen LogP contribution in [0.2, 0.25) is 0 Å². The molecule has 1 heterocycles. The zero-order chi connectivity index (χ0) is 15.7. The SMILES string of the molecule is CC(CCC(=O)O)CNC(=O)NC(C)CN1CCOCC1. The molecule has 1 saturated heterocycles. The number of nitrogens with one attached hydrogen (secondary N) is 2. The number of carboxylic acid groups (broad SMARTS) is 1. The Kier molecular flexibility index (Phi) is 8.07. The molecule has 1 aliphatic heterocycles. The Morgan fingerprint density at radius 1 is 1.29 bits per heavy atom. The van der Waals surface area contributed by atoms with Crippen LogP contribution in [-0.2, 0) is 9.53 Å². The van der Waals surface area contributed by atoms with Gasteiger partial charge in [-0.05, 0) is 19.3 Å². The van der Waals surface area contributed by atoms with Crippen LogP contribution >= 0.6 is 0 Å². The Morgan fingerprint density at radius 3 is 2.57 bits per heavy atom. The van der Waals surface area contributed by atoms with Gasteiger partial charge in [0.2, 0.25) is 0 Å². The number of carbonyl (C=O) groups excluding carboxylic acids is 1. The molecule has 2 amide bonds. The predicted octanol–water partition coefficient (Wildman–Crippen LogP) is 0.507. The lowest BCUT2D eigenvalue weighted by molar-refractivity contribution is -0.137. The smallest absolute Gasteiger partial charge is 0.315 e. The van der Waals surface area contributed by atoms with Gasteiger partial charge in [0.15, 0.2) is 0 Å². The normalized spacial score (nSPS) is 18.8. The van der Waals surface area contributed by atoms with Crippen molar-refractivity contribution in [3.05, 3.63) is 0 Å². The summed E-state index contributed by atoms with van der Waals surface area (Å²) in [4.78, 5) is 24.5. The fourth-order valence-corrected chi connectivity index (χ4v) is 2.23. The maximum absolute atomic E-state index is 11.8. The van der Waals surface area contributed by atoms with Gasteiger partial charge in [-0.2, -0.15) is 0 Å². The summed E-state index contributed by atoms with van der Waals surface area (Å²) in [6.07, 6.45) is 0.705. The quantitative estimate of drug-likeness (QED) is 0.607. The van der Waals surface area contributed by atoms with E-state index in [1.165, 1.54) is 0 Å². The molecular weight excluding hydrogens is 274 g/mol. The Labute approximate surface area is 126 Å². The molecule has 2 atom stereocenters. The molecule has 0 radical (unpaired) electrons. The van der Waals surface area contributed by atoms with Crippen molar-refractivity contribution in [3.63, 3.8) is 0 Å². The summed E-state index contributed by atoms with van der Waals surface area (Å²) in [6.45, 7) is 8.51. The molecule has 0 spiro atoms. The highest BCUT2D eigenvalue weighted by Gasteiger charge is 2.15. The standard InChI is InChI=1S/C14H27N3O4/c1-11(3-4-13(18)19)9-15-14(20)16-12(2)10-17-5-7-21-8-6-17/h11-12H,3-10H2,1-2H3,(H,18,19)(H2,15,16,20). The number of morpholine rings is 1. The molecule has 122 valence electrons. The van der Waals surface area contributed by atoms with E-state index in [2.05, 4.69) is 15.5 Å². The van der Waals surface area contributed by atoms with E-state index in [0.717, 1.165) is 32.8 Å². The average Bonchev–Trinajstić information content (AvgIpc) is 2.43. The van der Waals surface area contributed by atoms with Crippen molar-refractivity contribution in [3.8, 4) is 0 Å². The van der Waals surface area contributed by atoms with Crippen molar-refractivity contribution >= 4 is 12.0 Å². The van der Waals surface area contributed by atoms with E-state index >= 15 is 0 Å². The van der Waals surface area contributed by atoms with E-state index in [9.17, 15) is 9.59 Å². The molecule has 0 saturated carbocycles. The summed E-state index contributed by atoms with van der Waals surface area (Å²) < 4.78 is 5.28. The Bertz CT molecular complexity index is 332. The minimum absolute atomic E-state index is 0.0671. The fraction of sp³-hybridized carbons (Fsp3) is 0.857. The lowest BCUT2D eigenvalue weighted by atomic mass is 10.1. The van der Waals surface area contributed by atoms with Crippen LogP contribution in [0.15, 0.2) is 0 Å². The number of ether oxygens (including phenoxy) is 1. The second kappa shape index (κ2) is 9.57. The highest BCUT2D eigenvalue weighted by atomic mass is 16.5. The second-order valence-corrected chi connectivity index (χ2v) is 5.71. The lowest BCUT2D eigenvalue weighted by Gasteiger charge is -2.29. The molecule has 0 aromatic carbocycles. The van der Waals surface area contributed by atoms with Gasteiger partial charge < -0.3 is 20.5 Å². The third kappa shape index (κ3) is 8.52. The second-order valence-electron chi connectivity index (χ2n) is 5.71. The van der Waals surface area contributed by atoms with Gasteiger partial charge in [-0.15, -0.1) is 0 Å². The molecule has 21 heavy (non-hydrogen) atoms. The van der Waals surface area contributed by atoms with Crippen LogP contribution in [0, 0.1) is 5.92 Å². The Morgan fingerprint density at radius 2 is 1.95 bits per heavy atom. The Balaban J connectivity index is 2.12. The van der Waals surface area contributed by atoms with Crippen LogP contribution < -0.4 is 10.6 Å². The minimum atomic E-state index is -0.801. The molecule has 7 heteroatoms. The summed E-state index contributed by atoms with van der Waals surface area (Å²) in [6, 6.07) is -0.129. The van der Waals surface area contributed by atoms with Crippen molar-refractivity contribution in [1.82, 2.24) is 15.5 Å². The van der Waals surface area contributed by atoms with Crippen molar-refractivity contribution in [2.75, 3.05) is 39.4 Å². The summed E-state index contributed by atoms with van der Waals surface area (Å²) in [5.74, 6) is -0.646. The highest BCUT2D eigenvalue weighted by Crippen LogP contribution is 2.03. The summed E-state index contributed by atoms with van der Waals surface area (Å²) in [5, 5.41) is 14.3. The van der Waals surface area contributed by atoms with E-state index < -0.39 is 5.97 Å². The van der Waals surface area contributed by atoms with Gasteiger partial charge in [-0.3, -0.25) is 9.69 Å². The largest absolute Gasteiger partial charge is 0.481 e. The van der Waals surface area contributed by atoms with Gasteiger partial charge in [0.1, 0.15) is 0 Å². The van der Waals surface area contributed by atoms with E-state index in [1.807, 2.05) is 13.8 Å². The van der Waals surface area contributed by atoms with Gasteiger partial charge in [0.05, 0.1) is 13.2 Å². The summed E-state index contributed by atoms with van der Waals surface area (Å²) in [5.41, 5.74) is 0. The minimum Gasteiger partial charge on any atom is -0.481 e. The zero-order valence-electron chi connectivity index (χ0n) is 12.9. The van der Waals surface area contributed by atoms with Crippen molar-refractivity contribution in [2.24, 2.45) is 5.92 Å². The third-order valence-electron chi connectivity index (χ3n) is 3.48. The number of hydrogen-bond acceptors (Lipinski definition) is 4. The summed E-state index contributed by atoms with van der Waals surface area (Å²) in [7, 11) is 0. The van der Waals surface area contributed by atoms with Crippen LogP contribution in [-0.4, -0.2) is 67.4 Å². The zero-order valence-corrected chi connectivity index (χ0v) is 12.9. The van der Waals surface area contributed by atoms with Crippen molar-refractivity contribution in [2.45, 2.75) is 32.7 Å². The molecule has 1 aliphatic rings. The molecule has 0 aromatic heterocycles. The number of hydrogen-bond donors (Lipinski definition) is 3. The van der Waals surface area contributed by atoms with Crippen LogP contribution in [0.25, 0.3) is 0 Å². The first-order valence-electron chi connectivity index (χ1n) is 7.53. The van der Waals surface area contributed by atoms with E-state index in [1.54, 1.807) is 0 Å². The van der Waals surface area contributed by atoms with Crippen LogP contribution in [0.1, 0.15) is 26.7 Å². The van der Waals surface area contributed by atoms with Gasteiger partial charge in [0, 0.05) is 38.6 Å². The maximum atomic E-state index is 11.8. The van der Waals surface area contributed by atoms with Crippen LogP contribution in [0.5, 0.6) is 0 Å². The predicted molar refractivity (Wildman–Crippen MR) is 79.3 cm³/mol. The number of rotatable bonds is 8. The van der Waals surface area contributed by atoms with Crippen LogP contribution in [0.3, 0.4) is 0 Å². The van der Waals surface area contributed by atoms with E-state index in [-0.39, 0.29) is 24.4 Å². The number of amides is 2. The van der Waals surface area contributed by atoms with Gasteiger partial charge in [-0.1, -0.05) is 6.92 Å². The van der Waals surface area contributed by atoms with Gasteiger partial charge >= 0.3 is 12.0 Å². The number of nitrogens with zero attached hydrogens (tertiary/aromatic N) is 1. The monoisotopic (exact) mass is 301 g/mol. The number of aliphatic carboxylic acids is 1. The Hall–Kier alpha value is -1.34. The maximum Gasteiger partial charge on any atom is 0.315 e. The van der Waals surface area contributed by atoms with E-state index in [0.29, 0.717) is 13.0 Å². The first-order chi connectivity index (χ1) is 9.97. The molecule has 3 N–H and O–H groups in total. The molecule has 0 bridgehead atoms. The first-order valence-corrected chi connectivity index (χ1v) is 7.53. The molecule has 1 rings (SSSR count). The van der Waals surface area contributed by atoms with Crippen molar-refractivity contribution in [1.29, 1.82) is 0 Å². The third-order valence-corrected chi connectivity index (χ3v) is 3.48. The lowest BCUT2D eigenvalue weighted by Crippen LogP contribution is -2.49. The molecule has 7 nitrogen and oxygen atoms in total. The van der Waals surface area contributed by atoms with Gasteiger partial charge in [0.25, 0.3) is 0 Å². The molecule has 0 aliphatic carbocycles. The first kappa shape index (κ1) is 17.7. The topological polar surface area (TPSA) is 90.9 Å². The summed E-state index contributed by atoms with van der Waals surface area (Å²) >= 11 is 0. The number of carbonyl (C=O) groups is 2. The molecule has 1 fully saturated rings. The molecule has 0 aromatic rings. The van der Waals surface area contributed by atoms with Gasteiger partial charge in [-0.25, -0.2) is 4.79 Å².